The molecule has 8 nitrogen and oxygen atoms in total. The van der Waals surface area contributed by atoms with Crippen LogP contribution in [0.4, 0.5) is 0 Å². The first kappa shape index (κ1) is 20.8. The predicted molar refractivity (Wildman–Crippen MR) is 113 cm³/mol. The van der Waals surface area contributed by atoms with Gasteiger partial charge in [0.2, 0.25) is 0 Å². The molecular formula is C20H25N5O3S. The second-order valence-corrected chi connectivity index (χ2v) is 6.97. The molecule has 0 atom stereocenters. The van der Waals surface area contributed by atoms with E-state index in [1.54, 1.807) is 27.8 Å². The third kappa shape index (κ3) is 4.73. The van der Waals surface area contributed by atoms with Crippen molar-refractivity contribution in [3.63, 3.8) is 0 Å². The molecule has 2 aromatic rings. The van der Waals surface area contributed by atoms with Gasteiger partial charge in [0.05, 0.1) is 36.2 Å². The van der Waals surface area contributed by atoms with Crippen LogP contribution in [0.25, 0.3) is 5.69 Å². The van der Waals surface area contributed by atoms with Gasteiger partial charge in [0, 0.05) is 19.6 Å². The molecule has 1 aliphatic rings. The zero-order valence-electron chi connectivity index (χ0n) is 16.6. The molecule has 1 aromatic heterocycles. The number of thiocarbonyl (C=S) groups is 1. The van der Waals surface area contributed by atoms with Crippen LogP contribution in [0.1, 0.15) is 35.8 Å². The fourth-order valence-electron chi connectivity index (χ4n) is 3.22. The van der Waals surface area contributed by atoms with Gasteiger partial charge in [-0.25, -0.2) is 9.69 Å². The smallest absolute Gasteiger partial charge is 0.307 e. The molecule has 0 saturated carbocycles. The van der Waals surface area contributed by atoms with Gasteiger partial charge in [0.15, 0.2) is 5.11 Å². The van der Waals surface area contributed by atoms with Gasteiger partial charge in [-0.3, -0.25) is 14.6 Å². The average molecular weight is 416 g/mol. The summed E-state index contributed by atoms with van der Waals surface area (Å²) in [6.45, 7) is 5.58. The van der Waals surface area contributed by atoms with Crippen molar-refractivity contribution in [2.45, 2.75) is 26.7 Å². The Labute approximate surface area is 175 Å². The van der Waals surface area contributed by atoms with Gasteiger partial charge in [-0.05, 0) is 44.6 Å². The molecule has 9 heteroatoms. The third-order valence-corrected chi connectivity index (χ3v) is 5.01. The Morgan fingerprint density at radius 3 is 2.66 bits per heavy atom. The lowest BCUT2D eigenvalue weighted by molar-refractivity contribution is -0.142. The van der Waals surface area contributed by atoms with Crippen LogP contribution >= 0.6 is 12.2 Å². The largest absolute Gasteiger partial charge is 0.466 e. The summed E-state index contributed by atoms with van der Waals surface area (Å²) in [6, 6.07) is 9.69. The van der Waals surface area contributed by atoms with Gasteiger partial charge >= 0.3 is 5.97 Å². The molecule has 0 unspecified atom stereocenters. The van der Waals surface area contributed by atoms with Gasteiger partial charge in [-0.2, -0.15) is 5.10 Å². The van der Waals surface area contributed by atoms with Gasteiger partial charge in [0.1, 0.15) is 0 Å². The third-order valence-electron chi connectivity index (χ3n) is 4.65. The van der Waals surface area contributed by atoms with Crippen LogP contribution in [0.2, 0.25) is 0 Å². The van der Waals surface area contributed by atoms with Crippen LogP contribution in [0.3, 0.4) is 0 Å². The second kappa shape index (κ2) is 9.51. The number of para-hydroxylation sites is 1. The maximum absolute atomic E-state index is 13.2. The highest BCUT2D eigenvalue weighted by atomic mass is 32.1. The van der Waals surface area contributed by atoms with E-state index in [0.717, 1.165) is 17.8 Å². The lowest BCUT2D eigenvalue weighted by Gasteiger charge is -2.30. The number of benzene rings is 1. The molecular weight excluding hydrogens is 390 g/mol. The van der Waals surface area contributed by atoms with Crippen molar-refractivity contribution in [3.8, 4) is 5.69 Å². The molecule has 0 bridgehead atoms. The van der Waals surface area contributed by atoms with Crippen LogP contribution in [-0.4, -0.2) is 63.0 Å². The molecule has 2 heterocycles. The summed E-state index contributed by atoms with van der Waals surface area (Å²) in [7, 11) is 0. The van der Waals surface area contributed by atoms with Crippen LogP contribution in [0, 0.1) is 6.92 Å². The second-order valence-electron chi connectivity index (χ2n) is 6.58. The van der Waals surface area contributed by atoms with Crippen LogP contribution < -0.4 is 5.32 Å². The Hall–Kier alpha value is -2.94. The highest BCUT2D eigenvalue weighted by molar-refractivity contribution is 7.80. The van der Waals surface area contributed by atoms with E-state index < -0.39 is 0 Å². The Balaban J connectivity index is 1.67. The molecule has 154 valence electrons. The molecule has 1 fully saturated rings. The summed E-state index contributed by atoms with van der Waals surface area (Å²) in [5.74, 6) is -0.419. The SMILES string of the molecule is CCOC(=O)CCNC(=S)N1CCCN1C(=O)c1cnn(-c2ccccc2)c1C. The Kier molecular flexibility index (Phi) is 6.82. The van der Waals surface area contributed by atoms with E-state index in [9.17, 15) is 9.59 Å². The molecule has 1 saturated heterocycles. The minimum absolute atomic E-state index is 0.142. The molecule has 1 N–H and O–H groups in total. The number of hydrogen-bond donors (Lipinski definition) is 1. The molecule has 1 aliphatic heterocycles. The highest BCUT2D eigenvalue weighted by Crippen LogP contribution is 2.19. The standard InChI is InChI=1S/C20H25N5O3S/c1-3-28-18(26)10-11-21-20(29)24-13-7-12-23(24)19(27)17-14-22-25(15(17)2)16-8-5-4-6-9-16/h4-6,8-9,14H,3,7,10-13H2,1-2H3,(H,21,29). The quantitative estimate of drug-likeness (QED) is 0.571. The Morgan fingerprint density at radius 1 is 1.21 bits per heavy atom. The van der Waals surface area contributed by atoms with Gasteiger partial charge < -0.3 is 10.1 Å². The summed E-state index contributed by atoms with van der Waals surface area (Å²) in [5, 5.41) is 11.2. The van der Waals surface area contributed by atoms with Crippen molar-refractivity contribution in [2.75, 3.05) is 26.2 Å². The first-order chi connectivity index (χ1) is 14.0. The van der Waals surface area contributed by atoms with Crippen molar-refractivity contribution < 1.29 is 14.3 Å². The predicted octanol–water partition coefficient (Wildman–Crippen LogP) is 2.07. The highest BCUT2D eigenvalue weighted by Gasteiger charge is 2.31. The number of hydrazine groups is 1. The number of amides is 1. The maximum atomic E-state index is 13.2. The average Bonchev–Trinajstić information content (AvgIpc) is 3.35. The number of carbonyl (C=O) groups excluding carboxylic acids is 2. The number of aromatic nitrogens is 2. The summed E-state index contributed by atoms with van der Waals surface area (Å²) in [4.78, 5) is 24.6. The minimum Gasteiger partial charge on any atom is -0.466 e. The number of rotatable bonds is 6. The minimum atomic E-state index is -0.277. The van der Waals surface area contributed by atoms with E-state index >= 15 is 0 Å². The number of ether oxygens (including phenoxy) is 1. The monoisotopic (exact) mass is 415 g/mol. The van der Waals surface area contributed by atoms with Gasteiger partial charge in [-0.1, -0.05) is 18.2 Å². The van der Waals surface area contributed by atoms with Crippen molar-refractivity contribution in [1.29, 1.82) is 0 Å². The molecule has 0 aliphatic carbocycles. The summed E-state index contributed by atoms with van der Waals surface area (Å²) in [6.07, 6.45) is 2.63. The Morgan fingerprint density at radius 2 is 1.93 bits per heavy atom. The zero-order valence-corrected chi connectivity index (χ0v) is 17.4. The van der Waals surface area contributed by atoms with Crippen molar-refractivity contribution in [3.05, 3.63) is 47.8 Å². The first-order valence-electron chi connectivity index (χ1n) is 9.65. The zero-order chi connectivity index (χ0) is 20.8. The number of nitrogens with one attached hydrogen (secondary N) is 1. The van der Waals surface area contributed by atoms with E-state index in [1.807, 2.05) is 37.3 Å². The molecule has 3 rings (SSSR count). The fraction of sp³-hybridized carbons (Fsp3) is 0.400. The van der Waals surface area contributed by atoms with Gasteiger partial charge in [0.25, 0.3) is 5.91 Å². The van der Waals surface area contributed by atoms with E-state index in [0.29, 0.717) is 36.9 Å². The van der Waals surface area contributed by atoms with Crippen molar-refractivity contribution in [2.24, 2.45) is 0 Å². The molecule has 0 spiro atoms. The first-order valence-corrected chi connectivity index (χ1v) is 10.1. The molecule has 1 amide bonds. The van der Waals surface area contributed by atoms with E-state index in [4.69, 9.17) is 17.0 Å². The van der Waals surface area contributed by atoms with E-state index in [2.05, 4.69) is 10.4 Å². The van der Waals surface area contributed by atoms with Crippen LogP contribution in [0.15, 0.2) is 36.5 Å². The van der Waals surface area contributed by atoms with Crippen LogP contribution in [0.5, 0.6) is 0 Å². The molecule has 1 aromatic carbocycles. The van der Waals surface area contributed by atoms with Gasteiger partial charge in [-0.15, -0.1) is 0 Å². The summed E-state index contributed by atoms with van der Waals surface area (Å²) < 4.78 is 6.66. The molecule has 29 heavy (non-hydrogen) atoms. The Bertz CT molecular complexity index is 883. The topological polar surface area (TPSA) is 79.7 Å². The van der Waals surface area contributed by atoms with E-state index in [-0.39, 0.29) is 18.3 Å². The summed E-state index contributed by atoms with van der Waals surface area (Å²) >= 11 is 5.44. The number of nitrogens with zero attached hydrogens (tertiary/aromatic N) is 4. The normalized spacial score (nSPS) is 13.4. The number of carbonyl (C=O) groups is 2. The molecule has 0 radical (unpaired) electrons. The maximum Gasteiger partial charge on any atom is 0.307 e. The number of esters is 1. The summed E-state index contributed by atoms with van der Waals surface area (Å²) in [5.41, 5.74) is 2.21. The van der Waals surface area contributed by atoms with Crippen LogP contribution in [-0.2, 0) is 9.53 Å². The van der Waals surface area contributed by atoms with Crippen molar-refractivity contribution in [1.82, 2.24) is 25.1 Å². The number of hydrogen-bond acceptors (Lipinski definition) is 5. The van der Waals surface area contributed by atoms with Crippen molar-refractivity contribution >= 4 is 29.2 Å². The lowest BCUT2D eigenvalue weighted by atomic mass is 10.2. The lowest BCUT2D eigenvalue weighted by Crippen LogP contribution is -2.49. The fourth-order valence-corrected chi connectivity index (χ4v) is 3.51. The van der Waals surface area contributed by atoms with E-state index in [1.165, 1.54) is 0 Å².